The molecule has 2 heterocycles. The van der Waals surface area contributed by atoms with E-state index in [1.807, 2.05) is 24.0 Å². The van der Waals surface area contributed by atoms with Gasteiger partial charge in [0.1, 0.15) is 11.5 Å². The van der Waals surface area contributed by atoms with Crippen molar-refractivity contribution in [3.8, 4) is 11.5 Å². The molecule has 5 nitrogen and oxygen atoms in total. The molecule has 23 heavy (non-hydrogen) atoms. The summed E-state index contributed by atoms with van der Waals surface area (Å²) in [5, 5.41) is 9.07. The van der Waals surface area contributed by atoms with Crippen LogP contribution in [0.4, 0.5) is 0 Å². The van der Waals surface area contributed by atoms with Gasteiger partial charge in [0.15, 0.2) is 0 Å². The van der Waals surface area contributed by atoms with Crippen LogP contribution < -0.4 is 0 Å². The average Bonchev–Trinajstić information content (AvgIpc) is 3.10. The van der Waals surface area contributed by atoms with Gasteiger partial charge in [0.25, 0.3) is 0 Å². The monoisotopic (exact) mass is 309 g/mol. The van der Waals surface area contributed by atoms with E-state index < -0.39 is 0 Å². The molecule has 0 radical (unpaired) electrons. The third-order valence-electron chi connectivity index (χ3n) is 3.98. The highest BCUT2D eigenvalue weighted by Gasteiger charge is 2.14. The van der Waals surface area contributed by atoms with E-state index in [0.717, 1.165) is 30.9 Å². The second-order valence-corrected chi connectivity index (χ2v) is 6.06. The van der Waals surface area contributed by atoms with E-state index in [-0.39, 0.29) is 0 Å². The first-order chi connectivity index (χ1) is 11.1. The second-order valence-electron chi connectivity index (χ2n) is 6.06. The Kier molecular flexibility index (Phi) is 4.28. The van der Waals surface area contributed by atoms with E-state index >= 15 is 0 Å². The number of hydrogen-bond donors (Lipinski definition) is 0. The smallest absolute Gasteiger partial charge is 0.201 e. The summed E-state index contributed by atoms with van der Waals surface area (Å²) < 4.78 is 3.80. The van der Waals surface area contributed by atoms with Crippen LogP contribution in [0.5, 0.6) is 0 Å². The maximum Gasteiger partial charge on any atom is 0.201 e. The zero-order chi connectivity index (χ0) is 16.4. The SMILES string of the molecule is CCCn1nc(-c2ccn(C)n2)nc1Cc1cc(C)ccc1C. The van der Waals surface area contributed by atoms with Crippen molar-refractivity contribution in [3.63, 3.8) is 0 Å². The van der Waals surface area contributed by atoms with Gasteiger partial charge in [-0.15, -0.1) is 5.10 Å². The molecule has 0 amide bonds. The number of hydrogen-bond acceptors (Lipinski definition) is 3. The molecule has 0 bridgehead atoms. The summed E-state index contributed by atoms with van der Waals surface area (Å²) in [5.41, 5.74) is 4.70. The van der Waals surface area contributed by atoms with Gasteiger partial charge in [-0.2, -0.15) is 5.10 Å². The van der Waals surface area contributed by atoms with Crippen LogP contribution in [0.2, 0.25) is 0 Å². The Balaban J connectivity index is 1.97. The summed E-state index contributed by atoms with van der Waals surface area (Å²) in [7, 11) is 1.91. The van der Waals surface area contributed by atoms with Crippen molar-refractivity contribution in [2.24, 2.45) is 7.05 Å². The Morgan fingerprint density at radius 3 is 2.61 bits per heavy atom. The number of rotatable bonds is 5. The van der Waals surface area contributed by atoms with E-state index in [4.69, 9.17) is 4.98 Å². The van der Waals surface area contributed by atoms with Gasteiger partial charge < -0.3 is 0 Å². The second kappa shape index (κ2) is 6.36. The molecule has 0 N–H and O–H groups in total. The predicted molar refractivity (Wildman–Crippen MR) is 91.2 cm³/mol. The fraction of sp³-hybridized carbons (Fsp3) is 0.389. The highest BCUT2D eigenvalue weighted by molar-refractivity contribution is 5.47. The average molecular weight is 309 g/mol. The fourth-order valence-electron chi connectivity index (χ4n) is 2.70. The lowest BCUT2D eigenvalue weighted by Crippen LogP contribution is -2.06. The molecule has 3 aromatic rings. The first-order valence-corrected chi connectivity index (χ1v) is 8.06. The normalized spacial score (nSPS) is 11.1. The van der Waals surface area contributed by atoms with Crippen molar-refractivity contribution in [2.75, 3.05) is 0 Å². The molecule has 0 saturated heterocycles. The van der Waals surface area contributed by atoms with Gasteiger partial charge in [0, 0.05) is 26.2 Å². The van der Waals surface area contributed by atoms with Gasteiger partial charge in [-0.05, 0) is 37.5 Å². The van der Waals surface area contributed by atoms with Crippen LogP contribution >= 0.6 is 0 Å². The van der Waals surface area contributed by atoms with E-state index in [9.17, 15) is 0 Å². The van der Waals surface area contributed by atoms with Crippen LogP contribution in [0.1, 0.15) is 35.9 Å². The lowest BCUT2D eigenvalue weighted by molar-refractivity contribution is 0.576. The van der Waals surface area contributed by atoms with Crippen molar-refractivity contribution in [3.05, 3.63) is 53.0 Å². The third-order valence-corrected chi connectivity index (χ3v) is 3.98. The Bertz CT molecular complexity index is 813. The largest absolute Gasteiger partial charge is 0.275 e. The standard InChI is InChI=1S/C18H23N5/c1-5-9-23-17(12-15-11-13(2)6-7-14(15)3)19-18(21-23)16-8-10-22(4)20-16/h6-8,10-11H,5,9,12H2,1-4H3. The first kappa shape index (κ1) is 15.5. The molecule has 0 unspecified atom stereocenters. The summed E-state index contributed by atoms with van der Waals surface area (Å²) in [5.74, 6) is 1.71. The molecule has 0 fully saturated rings. The quantitative estimate of drug-likeness (QED) is 0.726. The number of aryl methyl sites for hydroxylation is 4. The molecule has 1 aromatic carbocycles. The minimum absolute atomic E-state index is 0.708. The molecule has 0 aliphatic carbocycles. The Hall–Kier alpha value is -2.43. The van der Waals surface area contributed by atoms with Gasteiger partial charge in [-0.25, -0.2) is 9.67 Å². The summed E-state index contributed by atoms with van der Waals surface area (Å²) in [6.45, 7) is 7.30. The van der Waals surface area contributed by atoms with Gasteiger partial charge in [-0.1, -0.05) is 30.7 Å². The van der Waals surface area contributed by atoms with Crippen LogP contribution in [0.25, 0.3) is 11.5 Å². The minimum Gasteiger partial charge on any atom is -0.275 e. The van der Waals surface area contributed by atoms with Gasteiger partial charge in [0.2, 0.25) is 5.82 Å². The zero-order valence-corrected chi connectivity index (χ0v) is 14.2. The molecule has 3 rings (SSSR count). The number of aromatic nitrogens is 5. The topological polar surface area (TPSA) is 48.5 Å². The van der Waals surface area contributed by atoms with Crippen LogP contribution in [0.3, 0.4) is 0 Å². The highest BCUT2D eigenvalue weighted by atomic mass is 15.4. The Labute approximate surface area is 137 Å². The van der Waals surface area contributed by atoms with Crippen LogP contribution in [0.15, 0.2) is 30.5 Å². The molecule has 5 heteroatoms. The zero-order valence-electron chi connectivity index (χ0n) is 14.2. The molecular formula is C18H23N5. The van der Waals surface area contributed by atoms with E-state index in [2.05, 4.69) is 49.2 Å². The summed E-state index contributed by atoms with van der Waals surface area (Å²) in [6, 6.07) is 8.51. The van der Waals surface area contributed by atoms with Crippen molar-refractivity contribution in [2.45, 2.75) is 40.2 Å². The third kappa shape index (κ3) is 3.33. The summed E-state index contributed by atoms with van der Waals surface area (Å²) >= 11 is 0. The lowest BCUT2D eigenvalue weighted by Gasteiger charge is -2.08. The van der Waals surface area contributed by atoms with Gasteiger partial charge in [0.05, 0.1) is 0 Å². The summed E-state index contributed by atoms with van der Waals surface area (Å²) in [6.07, 6.45) is 3.75. The van der Waals surface area contributed by atoms with Crippen LogP contribution in [0, 0.1) is 13.8 Å². The Morgan fingerprint density at radius 1 is 1.09 bits per heavy atom. The maximum absolute atomic E-state index is 4.75. The predicted octanol–water partition coefficient (Wildman–Crippen LogP) is 3.30. The molecule has 0 aliphatic rings. The summed E-state index contributed by atoms with van der Waals surface area (Å²) in [4.78, 5) is 4.75. The van der Waals surface area contributed by atoms with Crippen LogP contribution in [-0.2, 0) is 20.0 Å². The van der Waals surface area contributed by atoms with E-state index in [1.165, 1.54) is 16.7 Å². The first-order valence-electron chi connectivity index (χ1n) is 8.06. The van der Waals surface area contributed by atoms with Crippen LogP contribution in [-0.4, -0.2) is 24.5 Å². The molecular weight excluding hydrogens is 286 g/mol. The van der Waals surface area contributed by atoms with Gasteiger partial charge >= 0.3 is 0 Å². The molecule has 0 aliphatic heterocycles. The Morgan fingerprint density at radius 2 is 1.91 bits per heavy atom. The van der Waals surface area contributed by atoms with E-state index in [1.54, 1.807) is 4.68 Å². The molecule has 0 saturated carbocycles. The van der Waals surface area contributed by atoms with Crippen molar-refractivity contribution in [1.29, 1.82) is 0 Å². The van der Waals surface area contributed by atoms with Crippen molar-refractivity contribution < 1.29 is 0 Å². The number of nitrogens with zero attached hydrogens (tertiary/aromatic N) is 5. The molecule has 0 atom stereocenters. The molecule has 120 valence electrons. The highest BCUT2D eigenvalue weighted by Crippen LogP contribution is 2.18. The van der Waals surface area contributed by atoms with Crippen molar-refractivity contribution in [1.82, 2.24) is 24.5 Å². The van der Waals surface area contributed by atoms with Gasteiger partial charge in [-0.3, -0.25) is 4.68 Å². The lowest BCUT2D eigenvalue weighted by atomic mass is 10.0. The van der Waals surface area contributed by atoms with E-state index in [0.29, 0.717) is 5.82 Å². The number of benzene rings is 1. The van der Waals surface area contributed by atoms with Crippen molar-refractivity contribution >= 4 is 0 Å². The maximum atomic E-state index is 4.75. The molecule has 0 spiro atoms. The minimum atomic E-state index is 0.708. The fourth-order valence-corrected chi connectivity index (χ4v) is 2.70. The molecule has 2 aromatic heterocycles.